The van der Waals surface area contributed by atoms with Crippen LogP contribution in [0.15, 0.2) is 29.1 Å². The molecule has 2 aromatic rings. The zero-order valence-electron chi connectivity index (χ0n) is 16.4. The van der Waals surface area contributed by atoms with Crippen molar-refractivity contribution in [3.63, 3.8) is 0 Å². The number of fused-ring (bicyclic) bond motifs is 4. The van der Waals surface area contributed by atoms with Gasteiger partial charge in [0.1, 0.15) is 11.3 Å². The molecule has 1 saturated carbocycles. The molecule has 0 amide bonds. The van der Waals surface area contributed by atoms with Gasteiger partial charge in [-0.15, -0.1) is 0 Å². The number of likely N-dealkylation sites (tertiary alicyclic amines) is 1. The van der Waals surface area contributed by atoms with Crippen molar-refractivity contribution in [2.24, 2.45) is 5.92 Å². The maximum Gasteiger partial charge on any atom is 0.341 e. The lowest BCUT2D eigenvalue weighted by molar-refractivity contribution is -0.108. The molecule has 29 heavy (non-hydrogen) atoms. The number of aromatic hydroxyl groups is 1. The molecular weight excluding hydrogens is 372 g/mol. The van der Waals surface area contributed by atoms with Crippen LogP contribution in [0.25, 0.3) is 0 Å². The maximum absolute atomic E-state index is 12.3. The van der Waals surface area contributed by atoms with Crippen molar-refractivity contribution in [2.45, 2.75) is 43.2 Å². The van der Waals surface area contributed by atoms with Gasteiger partial charge in [-0.3, -0.25) is 9.69 Å². The molecule has 7 nitrogen and oxygen atoms in total. The van der Waals surface area contributed by atoms with Crippen molar-refractivity contribution in [2.75, 3.05) is 13.6 Å². The summed E-state index contributed by atoms with van der Waals surface area (Å²) >= 11 is 0. The number of carboxylic acids is 1. The smallest absolute Gasteiger partial charge is 0.341 e. The molecule has 4 atom stereocenters. The second-order valence-electron chi connectivity index (χ2n) is 9.03. The minimum atomic E-state index is -1.27. The summed E-state index contributed by atoms with van der Waals surface area (Å²) in [5.41, 5.74) is 0.540. The van der Waals surface area contributed by atoms with E-state index in [1.165, 1.54) is 6.07 Å². The quantitative estimate of drug-likeness (QED) is 0.606. The van der Waals surface area contributed by atoms with Crippen LogP contribution in [0.4, 0.5) is 0 Å². The topological polar surface area (TPSA) is 114 Å². The van der Waals surface area contributed by atoms with Crippen LogP contribution in [0.3, 0.4) is 0 Å². The monoisotopic (exact) mass is 396 g/mol. The number of phenols is 1. The second kappa shape index (κ2) is 5.70. The number of pyridine rings is 1. The van der Waals surface area contributed by atoms with Gasteiger partial charge in [0.25, 0.3) is 5.56 Å². The normalized spacial score (nSPS) is 32.8. The minimum absolute atomic E-state index is 0.0439. The first kappa shape index (κ1) is 18.4. The number of nitrogens with zero attached hydrogens (tertiary/aromatic N) is 1. The fourth-order valence-corrected chi connectivity index (χ4v) is 6.38. The number of aromatic carboxylic acids is 1. The van der Waals surface area contributed by atoms with Crippen LogP contribution in [-0.4, -0.2) is 56.4 Å². The van der Waals surface area contributed by atoms with Gasteiger partial charge in [-0.1, -0.05) is 6.07 Å². The molecule has 0 spiro atoms. The summed E-state index contributed by atoms with van der Waals surface area (Å²) in [5, 5.41) is 31.7. The summed E-state index contributed by atoms with van der Waals surface area (Å²) in [6.07, 6.45) is 1.42. The van der Waals surface area contributed by atoms with Crippen molar-refractivity contribution in [3.8, 4) is 5.75 Å². The first-order chi connectivity index (χ1) is 13.7. The number of hydrogen-bond acceptors (Lipinski definition) is 5. The van der Waals surface area contributed by atoms with Crippen LogP contribution in [0.1, 0.15) is 39.2 Å². The molecule has 3 aliphatic rings. The number of hydrogen-bond donors (Lipinski definition) is 4. The first-order valence-electron chi connectivity index (χ1n) is 9.87. The number of aromatic amines is 1. The standard InChI is InChI=1S/C22H24N2O5/c1-11-3-4-14(25)6-16(11)21-7-13-10-24(2)18(13)22(21,29)8-12-5-15(20(27)28)19(26)23-17(12)9-21/h3-6,13,18,25,29H,7-10H2,1-2H3,(H,23,26)(H,27,28)/t13?,18-,21-,22-/m1/s1. The molecule has 1 aromatic heterocycles. The molecule has 2 heterocycles. The lowest BCUT2D eigenvalue weighted by Crippen LogP contribution is -2.67. The maximum atomic E-state index is 12.3. The Bertz CT molecular complexity index is 1110. The van der Waals surface area contributed by atoms with Crippen molar-refractivity contribution >= 4 is 5.97 Å². The lowest BCUT2D eigenvalue weighted by atomic mass is 9.59. The van der Waals surface area contributed by atoms with Gasteiger partial charge < -0.3 is 20.3 Å². The first-order valence-corrected chi connectivity index (χ1v) is 9.87. The molecule has 5 rings (SSSR count). The number of aliphatic hydroxyl groups is 1. The minimum Gasteiger partial charge on any atom is -0.508 e. The number of carboxylic acid groups (broad SMARTS) is 1. The zero-order valence-corrected chi connectivity index (χ0v) is 16.4. The summed E-state index contributed by atoms with van der Waals surface area (Å²) in [6, 6.07) is 6.61. The largest absolute Gasteiger partial charge is 0.508 e. The molecule has 2 fully saturated rings. The number of carbonyl (C=O) groups is 1. The van der Waals surface area contributed by atoms with Crippen molar-refractivity contribution < 1.29 is 20.1 Å². The highest BCUT2D eigenvalue weighted by Crippen LogP contribution is 2.61. The lowest BCUT2D eigenvalue weighted by Gasteiger charge is -2.53. The van der Waals surface area contributed by atoms with E-state index >= 15 is 0 Å². The molecule has 0 bridgehead atoms. The van der Waals surface area contributed by atoms with Crippen LogP contribution in [0.2, 0.25) is 0 Å². The number of rotatable bonds is 2. The Morgan fingerprint density at radius 2 is 2.03 bits per heavy atom. The van der Waals surface area contributed by atoms with Gasteiger partial charge in [0.15, 0.2) is 0 Å². The fraction of sp³-hybridized carbons (Fsp3) is 0.455. The van der Waals surface area contributed by atoms with Gasteiger partial charge in [-0.05, 0) is 61.2 Å². The van der Waals surface area contributed by atoms with E-state index in [9.17, 15) is 24.9 Å². The number of aryl methyl sites for hydroxylation is 1. The van der Waals surface area contributed by atoms with Crippen LogP contribution in [0.5, 0.6) is 5.75 Å². The van der Waals surface area contributed by atoms with E-state index in [-0.39, 0.29) is 23.8 Å². The van der Waals surface area contributed by atoms with E-state index in [0.29, 0.717) is 23.6 Å². The van der Waals surface area contributed by atoms with E-state index in [2.05, 4.69) is 9.88 Å². The van der Waals surface area contributed by atoms with Gasteiger partial charge in [0, 0.05) is 36.5 Å². The van der Waals surface area contributed by atoms with Gasteiger partial charge in [-0.25, -0.2) is 4.79 Å². The fourth-order valence-electron chi connectivity index (χ4n) is 6.38. The van der Waals surface area contributed by atoms with Crippen molar-refractivity contribution in [3.05, 3.63) is 62.6 Å². The third-order valence-corrected chi connectivity index (χ3v) is 7.49. The zero-order chi connectivity index (χ0) is 20.7. The van der Waals surface area contributed by atoms with E-state index in [4.69, 9.17) is 0 Å². The number of likely N-dealkylation sites (N-methyl/N-ethyl adjacent to an activating group) is 1. The highest BCUT2D eigenvalue weighted by Gasteiger charge is 2.69. The molecule has 1 unspecified atom stereocenters. The third kappa shape index (κ3) is 2.25. The Labute approximate surface area is 167 Å². The summed E-state index contributed by atoms with van der Waals surface area (Å²) in [6.45, 7) is 2.86. The van der Waals surface area contributed by atoms with E-state index < -0.39 is 22.5 Å². The van der Waals surface area contributed by atoms with Crippen LogP contribution in [-0.2, 0) is 18.3 Å². The van der Waals surface area contributed by atoms with Crippen LogP contribution < -0.4 is 5.56 Å². The molecule has 4 N–H and O–H groups in total. The van der Waals surface area contributed by atoms with Crippen molar-refractivity contribution in [1.29, 1.82) is 0 Å². The highest BCUT2D eigenvalue weighted by molar-refractivity contribution is 5.87. The molecule has 1 aromatic carbocycles. The SMILES string of the molecule is Cc1ccc(O)cc1[C@@]12Cc3[nH]c(=O)c(C(=O)O)cc3C[C@@]1(O)[C@H]1C(CN1C)C2. The molecule has 152 valence electrons. The number of phenolic OH excluding ortho intramolecular Hbond substituents is 1. The average molecular weight is 396 g/mol. The number of nitrogens with one attached hydrogen (secondary N) is 1. The van der Waals surface area contributed by atoms with Gasteiger partial charge in [-0.2, -0.15) is 0 Å². The Morgan fingerprint density at radius 3 is 2.72 bits per heavy atom. The molecular formula is C22H24N2O5. The van der Waals surface area contributed by atoms with Gasteiger partial charge >= 0.3 is 5.97 Å². The van der Waals surface area contributed by atoms with Crippen molar-refractivity contribution in [1.82, 2.24) is 9.88 Å². The Hall–Kier alpha value is -2.64. The number of H-pyrrole nitrogens is 1. The van der Waals surface area contributed by atoms with E-state index in [1.807, 2.05) is 20.0 Å². The predicted octanol–water partition coefficient (Wildman–Crippen LogP) is 1.19. The highest BCUT2D eigenvalue weighted by atomic mass is 16.4. The van der Waals surface area contributed by atoms with Gasteiger partial charge in [0.05, 0.1) is 5.60 Å². The number of aromatic nitrogens is 1. The third-order valence-electron chi connectivity index (χ3n) is 7.49. The van der Waals surface area contributed by atoms with Crippen LogP contribution >= 0.6 is 0 Å². The van der Waals surface area contributed by atoms with E-state index in [0.717, 1.165) is 24.1 Å². The second-order valence-corrected chi connectivity index (χ2v) is 9.03. The summed E-state index contributed by atoms with van der Waals surface area (Å²) in [4.78, 5) is 28.7. The predicted molar refractivity (Wildman–Crippen MR) is 105 cm³/mol. The summed E-state index contributed by atoms with van der Waals surface area (Å²) in [7, 11) is 2.00. The summed E-state index contributed by atoms with van der Waals surface area (Å²) in [5.74, 6) is -0.811. The van der Waals surface area contributed by atoms with Gasteiger partial charge in [0.2, 0.25) is 0 Å². The molecule has 2 aliphatic carbocycles. The average Bonchev–Trinajstić information content (AvgIpc) is 2.83. The number of benzene rings is 1. The Morgan fingerprint density at radius 1 is 1.28 bits per heavy atom. The Kier molecular flexibility index (Phi) is 3.62. The Balaban J connectivity index is 1.75. The summed E-state index contributed by atoms with van der Waals surface area (Å²) < 4.78 is 0. The molecule has 1 saturated heterocycles. The molecule has 1 aliphatic heterocycles. The molecule has 7 heteroatoms. The molecule has 0 radical (unpaired) electrons. The van der Waals surface area contributed by atoms with Crippen LogP contribution in [0, 0.1) is 12.8 Å². The van der Waals surface area contributed by atoms with E-state index in [1.54, 1.807) is 12.1 Å².